The second-order valence-corrected chi connectivity index (χ2v) is 4.91. The lowest BCUT2D eigenvalue weighted by molar-refractivity contribution is 0.262. The lowest BCUT2D eigenvalue weighted by Crippen LogP contribution is -2.21. The molecule has 0 aliphatic rings. The second kappa shape index (κ2) is 6.85. The molecule has 22 heavy (non-hydrogen) atoms. The Kier molecular flexibility index (Phi) is 4.88. The molecule has 0 saturated heterocycles. The van der Waals surface area contributed by atoms with Crippen molar-refractivity contribution >= 4 is 17.4 Å². The van der Waals surface area contributed by atoms with Crippen LogP contribution in [-0.4, -0.2) is 20.3 Å². The fourth-order valence-corrected chi connectivity index (χ4v) is 2.19. The Morgan fingerprint density at radius 2 is 1.64 bits per heavy atom. The zero-order valence-electron chi connectivity index (χ0n) is 13.2. The van der Waals surface area contributed by atoms with Gasteiger partial charge in [0, 0.05) is 11.8 Å². The summed E-state index contributed by atoms with van der Waals surface area (Å²) < 4.78 is 10.4. The summed E-state index contributed by atoms with van der Waals surface area (Å²) in [4.78, 5) is 12.2. The van der Waals surface area contributed by atoms with Crippen LogP contribution in [0.15, 0.2) is 36.4 Å². The summed E-state index contributed by atoms with van der Waals surface area (Å²) in [6.07, 6.45) is 0. The number of hydrogen-bond donors (Lipinski definition) is 2. The molecule has 0 spiro atoms. The van der Waals surface area contributed by atoms with Crippen molar-refractivity contribution in [1.82, 2.24) is 0 Å². The molecule has 0 unspecified atom stereocenters. The Labute approximate surface area is 130 Å². The van der Waals surface area contributed by atoms with Crippen LogP contribution in [0.5, 0.6) is 11.5 Å². The molecule has 2 aromatic carbocycles. The van der Waals surface area contributed by atoms with Gasteiger partial charge in [0.05, 0.1) is 19.9 Å². The van der Waals surface area contributed by atoms with Crippen LogP contribution in [0.4, 0.5) is 16.2 Å². The largest absolute Gasteiger partial charge is 0.497 e. The van der Waals surface area contributed by atoms with E-state index in [2.05, 4.69) is 10.6 Å². The third kappa shape index (κ3) is 3.49. The zero-order chi connectivity index (χ0) is 16.1. The molecule has 2 aromatic rings. The predicted octanol–water partition coefficient (Wildman–Crippen LogP) is 3.96. The van der Waals surface area contributed by atoms with Gasteiger partial charge in [-0.25, -0.2) is 4.79 Å². The summed E-state index contributed by atoms with van der Waals surface area (Å²) in [7, 11) is 3.12. The molecular weight excluding hydrogens is 280 g/mol. The van der Waals surface area contributed by atoms with E-state index in [1.165, 1.54) is 0 Å². The quantitative estimate of drug-likeness (QED) is 0.898. The monoisotopic (exact) mass is 300 g/mol. The van der Waals surface area contributed by atoms with Crippen LogP contribution in [-0.2, 0) is 0 Å². The van der Waals surface area contributed by atoms with Gasteiger partial charge in [-0.3, -0.25) is 0 Å². The average molecular weight is 300 g/mol. The van der Waals surface area contributed by atoms with Crippen LogP contribution in [0, 0.1) is 13.8 Å². The van der Waals surface area contributed by atoms with E-state index in [1.807, 2.05) is 32.0 Å². The molecular formula is C17H20N2O3. The van der Waals surface area contributed by atoms with Gasteiger partial charge in [0.1, 0.15) is 11.5 Å². The number of hydrogen-bond acceptors (Lipinski definition) is 3. The molecule has 2 N–H and O–H groups in total. The van der Waals surface area contributed by atoms with Crippen molar-refractivity contribution < 1.29 is 14.3 Å². The molecule has 0 heterocycles. The molecule has 0 saturated carbocycles. The minimum absolute atomic E-state index is 0.330. The summed E-state index contributed by atoms with van der Waals surface area (Å²) in [6, 6.07) is 10.8. The molecule has 116 valence electrons. The number of ether oxygens (including phenoxy) is 2. The maximum atomic E-state index is 12.2. The number of rotatable bonds is 4. The molecule has 0 aliphatic heterocycles. The number of nitrogens with one attached hydrogen (secondary N) is 2. The van der Waals surface area contributed by atoms with E-state index >= 15 is 0 Å². The van der Waals surface area contributed by atoms with E-state index in [0.717, 1.165) is 16.8 Å². The van der Waals surface area contributed by atoms with Crippen molar-refractivity contribution in [3.8, 4) is 11.5 Å². The van der Waals surface area contributed by atoms with Crippen LogP contribution in [0.25, 0.3) is 0 Å². The van der Waals surface area contributed by atoms with Gasteiger partial charge in [-0.2, -0.15) is 0 Å². The van der Waals surface area contributed by atoms with Crippen molar-refractivity contribution in [2.75, 3.05) is 24.9 Å². The minimum atomic E-state index is -0.330. The Morgan fingerprint density at radius 3 is 2.23 bits per heavy atom. The molecule has 0 aromatic heterocycles. The fourth-order valence-electron chi connectivity index (χ4n) is 2.19. The SMILES string of the molecule is COc1ccc(OC)c(NC(=O)Nc2c(C)cccc2C)c1. The van der Waals surface area contributed by atoms with Gasteiger partial charge >= 0.3 is 6.03 Å². The first-order valence-corrected chi connectivity index (χ1v) is 6.91. The van der Waals surface area contributed by atoms with Crippen LogP contribution in [0.2, 0.25) is 0 Å². The average Bonchev–Trinajstić information content (AvgIpc) is 2.51. The summed E-state index contributed by atoms with van der Waals surface area (Å²) in [5.74, 6) is 1.21. The highest BCUT2D eigenvalue weighted by atomic mass is 16.5. The van der Waals surface area contributed by atoms with Gasteiger partial charge in [-0.15, -0.1) is 0 Å². The van der Waals surface area contributed by atoms with Crippen LogP contribution < -0.4 is 20.1 Å². The fraction of sp³-hybridized carbons (Fsp3) is 0.235. The smallest absolute Gasteiger partial charge is 0.323 e. The number of carbonyl (C=O) groups is 1. The van der Waals surface area contributed by atoms with Gasteiger partial charge in [0.2, 0.25) is 0 Å². The summed E-state index contributed by atoms with van der Waals surface area (Å²) in [5.41, 5.74) is 3.37. The first-order valence-electron chi connectivity index (χ1n) is 6.91. The van der Waals surface area contributed by atoms with Gasteiger partial charge in [-0.05, 0) is 37.1 Å². The molecule has 0 atom stereocenters. The standard InChI is InChI=1S/C17H20N2O3/c1-11-6-5-7-12(2)16(11)19-17(20)18-14-10-13(21-3)8-9-15(14)22-4/h5-10H,1-4H3,(H2,18,19,20). The first kappa shape index (κ1) is 15.7. The van der Waals surface area contributed by atoms with E-state index in [-0.39, 0.29) is 6.03 Å². The van der Waals surface area contributed by atoms with Gasteiger partial charge in [0.15, 0.2) is 0 Å². The maximum Gasteiger partial charge on any atom is 0.323 e. The van der Waals surface area contributed by atoms with Crippen molar-refractivity contribution in [1.29, 1.82) is 0 Å². The van der Waals surface area contributed by atoms with E-state index in [4.69, 9.17) is 9.47 Å². The van der Waals surface area contributed by atoms with E-state index in [9.17, 15) is 4.79 Å². The minimum Gasteiger partial charge on any atom is -0.497 e. The van der Waals surface area contributed by atoms with Crippen LogP contribution in [0.1, 0.15) is 11.1 Å². The van der Waals surface area contributed by atoms with Crippen molar-refractivity contribution in [2.24, 2.45) is 0 Å². The van der Waals surface area contributed by atoms with Gasteiger partial charge in [0.25, 0.3) is 0 Å². The number of para-hydroxylation sites is 1. The Morgan fingerprint density at radius 1 is 0.955 bits per heavy atom. The summed E-state index contributed by atoms with van der Waals surface area (Å²) in [5, 5.41) is 5.65. The third-order valence-corrected chi connectivity index (χ3v) is 3.37. The molecule has 0 bridgehead atoms. The lowest BCUT2D eigenvalue weighted by Gasteiger charge is -2.14. The Balaban J connectivity index is 2.19. The molecule has 0 radical (unpaired) electrons. The normalized spacial score (nSPS) is 10.0. The van der Waals surface area contributed by atoms with Crippen LogP contribution in [0.3, 0.4) is 0 Å². The third-order valence-electron chi connectivity index (χ3n) is 3.37. The summed E-state index contributed by atoms with van der Waals surface area (Å²) >= 11 is 0. The lowest BCUT2D eigenvalue weighted by atomic mass is 10.1. The number of amides is 2. The highest BCUT2D eigenvalue weighted by Crippen LogP contribution is 2.29. The van der Waals surface area contributed by atoms with E-state index < -0.39 is 0 Å². The highest BCUT2D eigenvalue weighted by Gasteiger charge is 2.11. The molecule has 5 nitrogen and oxygen atoms in total. The number of anilines is 2. The molecule has 2 rings (SSSR count). The number of carbonyl (C=O) groups excluding carboxylic acids is 1. The maximum absolute atomic E-state index is 12.2. The summed E-state index contributed by atoms with van der Waals surface area (Å²) in [6.45, 7) is 3.91. The van der Waals surface area contributed by atoms with Crippen molar-refractivity contribution in [2.45, 2.75) is 13.8 Å². The topological polar surface area (TPSA) is 59.6 Å². The van der Waals surface area contributed by atoms with Crippen molar-refractivity contribution in [3.63, 3.8) is 0 Å². The first-order chi connectivity index (χ1) is 10.5. The Bertz CT molecular complexity index is 663. The number of benzene rings is 2. The highest BCUT2D eigenvalue weighted by molar-refractivity contribution is 6.01. The van der Waals surface area contributed by atoms with Gasteiger partial charge < -0.3 is 20.1 Å². The Hall–Kier alpha value is -2.69. The molecule has 0 fully saturated rings. The zero-order valence-corrected chi connectivity index (χ0v) is 13.2. The van der Waals surface area contributed by atoms with Gasteiger partial charge in [-0.1, -0.05) is 18.2 Å². The van der Waals surface area contributed by atoms with Crippen LogP contribution >= 0.6 is 0 Å². The molecule has 0 aliphatic carbocycles. The van der Waals surface area contributed by atoms with Crippen molar-refractivity contribution in [3.05, 3.63) is 47.5 Å². The number of aryl methyl sites for hydroxylation is 2. The number of methoxy groups -OCH3 is 2. The molecule has 2 amide bonds. The number of urea groups is 1. The van der Waals surface area contributed by atoms with E-state index in [0.29, 0.717) is 17.2 Å². The molecule has 5 heteroatoms. The second-order valence-electron chi connectivity index (χ2n) is 4.91. The van der Waals surface area contributed by atoms with E-state index in [1.54, 1.807) is 32.4 Å². The predicted molar refractivity (Wildman–Crippen MR) is 88.1 cm³/mol.